The second kappa shape index (κ2) is 20.1. The standard InChI is InChI=1S/C24H18N2O4.C24H20N2O3.CH4.CH3.Ac.2HI.V/c27-8-7-26-18-6-5-13(24(29)30)10-15(18)20-17-11-25-23(28)21(17)19-14-4-2-1-3-12(14)9-16(19)22(20)26;27-8-7-26-19-6-5-13(12-28)9-16(19)21-18-11-25-24(29)22(18)20-15-4-2-1-3-14(15)10-17(20)23(21)26;;;;;;/h1-6,10,27H,7-9,11H2,(H,25,28)(H,29,30);1-6,9,27-28H,7-8,10-12H2,(H,25,29);1H4;1H3;;2*1H;/q;;;-1;;;;+2/p-2. The van der Waals surface area contributed by atoms with Crippen molar-refractivity contribution in [2.75, 3.05) is 13.2 Å². The Balaban J connectivity index is 0.000000175. The predicted octanol–water partition coefficient (Wildman–Crippen LogP) is 9.25. The van der Waals surface area contributed by atoms with Crippen LogP contribution < -0.4 is 10.6 Å². The topological polar surface area (TPSA) is 166 Å². The number of rotatable bonds is 6. The van der Waals surface area contributed by atoms with Gasteiger partial charge in [0.2, 0.25) is 0 Å². The molecule has 2 amide bonds. The van der Waals surface area contributed by atoms with Gasteiger partial charge in [-0.3, -0.25) is 9.59 Å². The number of halogens is 2. The van der Waals surface area contributed by atoms with Crippen LogP contribution in [0.4, 0.5) is 0 Å². The van der Waals surface area contributed by atoms with Crippen LogP contribution in [0.25, 0.3) is 65.9 Å². The van der Waals surface area contributed by atoms with E-state index in [0.29, 0.717) is 47.6 Å². The third kappa shape index (κ3) is 7.90. The number of carboxylic acid groups (broad SMARTS) is 1. The SMILES string of the molecule is C.O=C(O)c1ccc2c(c1)c1c3c(c4c(c1n2CCO)Cc1ccccc1-4)C(=O)NC3.O=C1NCc2c1c1c(c3c2c2cc(CO)ccc2n3CCO)Cc2ccccc2-1.[Ac].[CH3-].[I][V][I]. The zero-order chi connectivity index (χ0) is 43.0. The fourth-order valence-corrected chi connectivity index (χ4v) is 10.5. The number of carboxylic acids is 1. The van der Waals surface area contributed by atoms with Crippen molar-refractivity contribution in [1.82, 2.24) is 19.8 Å². The molecule has 0 saturated heterocycles. The first-order valence-electron chi connectivity index (χ1n) is 20.2. The summed E-state index contributed by atoms with van der Waals surface area (Å²) in [5.41, 5.74) is 17.3. The Morgan fingerprint density at radius 2 is 1.09 bits per heavy atom. The molecule has 0 atom stereocenters. The van der Waals surface area contributed by atoms with Crippen molar-refractivity contribution in [2.24, 2.45) is 0 Å². The summed E-state index contributed by atoms with van der Waals surface area (Å²) < 4.78 is 4.25. The van der Waals surface area contributed by atoms with E-state index in [0.717, 1.165) is 106 Å². The van der Waals surface area contributed by atoms with Crippen molar-refractivity contribution in [3.63, 3.8) is 0 Å². The number of amides is 2. The maximum absolute atomic E-state index is 12.9. The minimum atomic E-state index is -0.987. The summed E-state index contributed by atoms with van der Waals surface area (Å²) in [6, 6.07) is 27.5. The molecule has 6 N–H and O–H groups in total. The van der Waals surface area contributed by atoms with E-state index >= 15 is 0 Å². The van der Waals surface area contributed by atoms with Gasteiger partial charge in [0.05, 0.1) is 47.5 Å². The summed E-state index contributed by atoms with van der Waals surface area (Å²) in [5.74, 6) is -1.09. The summed E-state index contributed by atoms with van der Waals surface area (Å²) in [6.45, 7) is 1.78. The molecule has 8 aromatic rings. The van der Waals surface area contributed by atoms with Gasteiger partial charge in [-0.15, -0.1) is 0 Å². The van der Waals surface area contributed by atoms with Crippen molar-refractivity contribution < 1.29 is 88.3 Å². The van der Waals surface area contributed by atoms with Gasteiger partial charge >= 0.3 is 55.4 Å². The molecule has 4 aliphatic rings. The second-order valence-corrected chi connectivity index (χ2v) is 27.5. The van der Waals surface area contributed by atoms with Crippen LogP contribution >= 0.6 is 40.0 Å². The van der Waals surface area contributed by atoms with E-state index in [1.165, 1.54) is 11.1 Å². The van der Waals surface area contributed by atoms with E-state index < -0.39 is 5.97 Å². The Morgan fingerprint density at radius 1 is 0.646 bits per heavy atom. The third-order valence-electron chi connectivity index (χ3n) is 12.8. The van der Waals surface area contributed by atoms with Crippen molar-refractivity contribution in [3.8, 4) is 22.3 Å². The number of benzene rings is 6. The molecule has 4 heterocycles. The molecule has 1 radical (unpaired) electrons. The van der Waals surface area contributed by atoms with E-state index in [2.05, 4.69) is 84.0 Å². The molecule has 330 valence electrons. The molecule has 2 aliphatic carbocycles. The predicted molar refractivity (Wildman–Crippen MR) is 266 cm³/mol. The van der Waals surface area contributed by atoms with Gasteiger partial charge in [-0.05, 0) is 80.4 Å². The summed E-state index contributed by atoms with van der Waals surface area (Å²) in [6.07, 6.45) is 1.48. The zero-order valence-corrected chi connectivity index (χ0v) is 45.1. The summed E-state index contributed by atoms with van der Waals surface area (Å²) in [4.78, 5) is 37.4. The minimum absolute atomic E-state index is 0. The molecule has 2 aromatic heterocycles. The monoisotopic (exact) mass is 1350 g/mol. The van der Waals surface area contributed by atoms with Gasteiger partial charge in [-0.1, -0.05) is 62.0 Å². The number of fused-ring (bicyclic) bond motifs is 20. The number of aliphatic hydroxyl groups is 3. The zero-order valence-electron chi connectivity index (χ0n) is 34.6. The van der Waals surface area contributed by atoms with Gasteiger partial charge in [-0.25, -0.2) is 4.79 Å². The van der Waals surface area contributed by atoms with Crippen molar-refractivity contribution in [1.29, 1.82) is 0 Å². The number of carbonyl (C=O) groups excluding carboxylic acids is 2. The fourth-order valence-electron chi connectivity index (χ4n) is 10.5. The van der Waals surface area contributed by atoms with Crippen LogP contribution in [0, 0.1) is 51.5 Å². The van der Waals surface area contributed by atoms with Crippen LogP contribution in [0.2, 0.25) is 0 Å². The van der Waals surface area contributed by atoms with Crippen molar-refractivity contribution in [2.45, 2.75) is 53.1 Å². The van der Waals surface area contributed by atoms with Gasteiger partial charge < -0.3 is 47.6 Å². The van der Waals surface area contributed by atoms with Crippen LogP contribution in [-0.4, -0.2) is 60.6 Å². The van der Waals surface area contributed by atoms with Crippen LogP contribution in [0.15, 0.2) is 84.9 Å². The Bertz CT molecular complexity index is 3260. The molecular weight excluding hydrogens is 1300 g/mol. The van der Waals surface area contributed by atoms with Gasteiger partial charge in [-0.2, -0.15) is 0 Å². The summed E-state index contributed by atoms with van der Waals surface area (Å²) in [7, 11) is 0.628. The van der Waals surface area contributed by atoms with E-state index in [-0.39, 0.29) is 96.1 Å². The quantitative estimate of drug-likeness (QED) is 0.0714. The number of hydrogen-bond donors (Lipinski definition) is 6. The Hall–Kier alpha value is -3.30. The normalized spacial score (nSPS) is 13.1. The average molecular weight is 1350 g/mol. The molecule has 0 saturated carbocycles. The molecule has 0 unspecified atom stereocenters. The van der Waals surface area contributed by atoms with E-state index in [4.69, 9.17) is 0 Å². The first-order valence-corrected chi connectivity index (χ1v) is 29.2. The molecule has 15 heteroatoms. The Kier molecular flexibility index (Phi) is 15.3. The van der Waals surface area contributed by atoms with Crippen LogP contribution in [-0.2, 0) is 55.1 Å². The summed E-state index contributed by atoms with van der Waals surface area (Å²) >= 11 is 4.74. The molecular formula is C50H45AcI2N4O7V-. The number of aromatic carboxylic acids is 1. The van der Waals surface area contributed by atoms with E-state index in [1.807, 2.05) is 42.5 Å². The number of aromatic nitrogens is 2. The number of hydrogen-bond acceptors (Lipinski definition) is 6. The van der Waals surface area contributed by atoms with E-state index in [9.17, 15) is 34.8 Å². The van der Waals surface area contributed by atoms with Crippen molar-refractivity contribution >= 4 is 101 Å². The fraction of sp³-hybridized carbons (Fsp3) is 0.200. The van der Waals surface area contributed by atoms with Gasteiger partial charge in [0.15, 0.2) is 0 Å². The molecule has 12 rings (SSSR count). The Morgan fingerprint density at radius 3 is 1.54 bits per heavy atom. The average Bonchev–Trinajstić information content (AvgIpc) is 4.13. The van der Waals surface area contributed by atoms with Crippen LogP contribution in [0.1, 0.15) is 77.4 Å². The van der Waals surface area contributed by atoms with Gasteiger partial charge in [0, 0.05) is 127 Å². The molecule has 0 fully saturated rings. The molecule has 0 bridgehead atoms. The molecule has 11 nitrogen and oxygen atoms in total. The number of carbonyl (C=O) groups is 3. The number of nitrogens with zero attached hydrogens (tertiary/aromatic N) is 2. The maximum atomic E-state index is 12.9. The molecule has 2 aliphatic heterocycles. The first kappa shape index (κ1) is 49.6. The molecule has 6 aromatic carbocycles. The first-order chi connectivity index (χ1) is 30.2. The third-order valence-corrected chi connectivity index (χ3v) is 12.8. The van der Waals surface area contributed by atoms with Crippen LogP contribution in [0.5, 0.6) is 0 Å². The number of nitrogens with one attached hydrogen (secondary N) is 2. The molecule has 0 spiro atoms. The summed E-state index contributed by atoms with van der Waals surface area (Å²) in [5, 5.41) is 48.6. The van der Waals surface area contributed by atoms with Crippen molar-refractivity contribution in [3.05, 3.63) is 148 Å². The van der Waals surface area contributed by atoms with Gasteiger partial charge in [0.25, 0.3) is 11.8 Å². The Labute approximate surface area is 440 Å². The van der Waals surface area contributed by atoms with Gasteiger partial charge in [0.1, 0.15) is 0 Å². The van der Waals surface area contributed by atoms with E-state index in [1.54, 1.807) is 18.2 Å². The second-order valence-electron chi connectivity index (χ2n) is 15.8. The van der Waals surface area contributed by atoms with Crippen LogP contribution in [0.3, 0.4) is 0 Å². The number of aliphatic hydroxyl groups excluding tert-OH is 3. The molecule has 65 heavy (non-hydrogen) atoms.